The lowest BCUT2D eigenvalue weighted by Crippen LogP contribution is -2.30. The number of anilines is 1. The van der Waals surface area contributed by atoms with Crippen LogP contribution in [0.25, 0.3) is 0 Å². The molecule has 1 rings (SSSR count). The second-order valence-electron chi connectivity index (χ2n) is 5.62. The minimum Gasteiger partial charge on any atom is -0.469 e. The molecule has 0 amide bonds. The van der Waals surface area contributed by atoms with Gasteiger partial charge in [0.2, 0.25) is 0 Å². The average Bonchev–Trinajstić information content (AvgIpc) is 2.92. The van der Waals surface area contributed by atoms with Crippen molar-refractivity contribution in [2.24, 2.45) is 5.92 Å². The van der Waals surface area contributed by atoms with Gasteiger partial charge in [0.05, 0.1) is 19.8 Å². The molecule has 0 unspecified atom stereocenters. The highest BCUT2D eigenvalue weighted by atomic mass is 32.1. The second kappa shape index (κ2) is 10.2. The molecule has 0 aliphatic heterocycles. The standard InChI is InChI=1S/C16H24N2O4S2/c1-10(2)8-11-9-24-14(13(11)15(20)22-4)18-16(23)17-7-5-6-12(19)21-3/h9-10H,5-8H2,1-4H3,(H2,17,18,23). The molecule has 0 saturated carbocycles. The maximum atomic E-state index is 12.1. The van der Waals surface area contributed by atoms with E-state index in [1.165, 1.54) is 25.6 Å². The fourth-order valence-corrected chi connectivity index (χ4v) is 3.32. The van der Waals surface area contributed by atoms with Crippen LogP contribution in [-0.4, -0.2) is 37.8 Å². The minimum absolute atomic E-state index is 0.250. The lowest BCUT2D eigenvalue weighted by atomic mass is 10.0. The van der Waals surface area contributed by atoms with E-state index in [1.807, 2.05) is 5.38 Å². The molecule has 0 atom stereocenters. The van der Waals surface area contributed by atoms with E-state index >= 15 is 0 Å². The molecule has 0 bridgehead atoms. The molecule has 6 nitrogen and oxygen atoms in total. The topological polar surface area (TPSA) is 76.7 Å². The van der Waals surface area contributed by atoms with Gasteiger partial charge in [0.1, 0.15) is 5.00 Å². The van der Waals surface area contributed by atoms with Crippen molar-refractivity contribution in [1.29, 1.82) is 0 Å². The van der Waals surface area contributed by atoms with Crippen molar-refractivity contribution in [2.45, 2.75) is 33.1 Å². The fraction of sp³-hybridized carbons (Fsp3) is 0.562. The van der Waals surface area contributed by atoms with Crippen molar-refractivity contribution in [3.05, 3.63) is 16.5 Å². The van der Waals surface area contributed by atoms with Gasteiger partial charge in [-0.15, -0.1) is 11.3 Å². The highest BCUT2D eigenvalue weighted by Gasteiger charge is 2.21. The highest BCUT2D eigenvalue weighted by Crippen LogP contribution is 2.30. The van der Waals surface area contributed by atoms with Gasteiger partial charge in [0, 0.05) is 13.0 Å². The Morgan fingerprint density at radius 1 is 1.29 bits per heavy atom. The number of thiophene rings is 1. The van der Waals surface area contributed by atoms with Gasteiger partial charge in [-0.3, -0.25) is 4.79 Å². The molecule has 24 heavy (non-hydrogen) atoms. The van der Waals surface area contributed by atoms with Gasteiger partial charge in [-0.25, -0.2) is 4.79 Å². The third-order valence-corrected chi connectivity index (χ3v) is 4.37. The molecule has 0 fully saturated rings. The van der Waals surface area contributed by atoms with Crippen LogP contribution in [0.15, 0.2) is 5.38 Å². The van der Waals surface area contributed by atoms with Crippen molar-refractivity contribution in [3.63, 3.8) is 0 Å². The van der Waals surface area contributed by atoms with E-state index in [4.69, 9.17) is 17.0 Å². The Balaban J connectivity index is 2.66. The third-order valence-electron chi connectivity index (χ3n) is 3.18. The first-order valence-electron chi connectivity index (χ1n) is 7.69. The molecule has 2 N–H and O–H groups in total. The quantitative estimate of drug-likeness (QED) is 0.413. The van der Waals surface area contributed by atoms with E-state index in [-0.39, 0.29) is 11.9 Å². The molecule has 0 saturated heterocycles. The number of nitrogens with one attached hydrogen (secondary N) is 2. The maximum Gasteiger partial charge on any atom is 0.341 e. The van der Waals surface area contributed by atoms with Gasteiger partial charge >= 0.3 is 11.9 Å². The zero-order valence-electron chi connectivity index (χ0n) is 14.4. The third kappa shape index (κ3) is 6.45. The molecule has 134 valence electrons. The summed E-state index contributed by atoms with van der Waals surface area (Å²) in [6, 6.07) is 0. The molecular weight excluding hydrogens is 348 g/mol. The zero-order valence-corrected chi connectivity index (χ0v) is 16.1. The Morgan fingerprint density at radius 3 is 2.58 bits per heavy atom. The molecule has 0 radical (unpaired) electrons. The van der Waals surface area contributed by atoms with Crippen LogP contribution in [0.5, 0.6) is 0 Å². The molecule has 0 aliphatic carbocycles. The van der Waals surface area contributed by atoms with Crippen LogP contribution in [0, 0.1) is 5.92 Å². The SMILES string of the molecule is COC(=O)CCCNC(=S)Nc1scc(CC(C)C)c1C(=O)OC. The van der Waals surface area contributed by atoms with Crippen LogP contribution < -0.4 is 10.6 Å². The Labute approximate surface area is 151 Å². The largest absolute Gasteiger partial charge is 0.469 e. The van der Waals surface area contributed by atoms with E-state index in [9.17, 15) is 9.59 Å². The van der Waals surface area contributed by atoms with E-state index in [1.54, 1.807) is 0 Å². The molecule has 1 heterocycles. The van der Waals surface area contributed by atoms with E-state index in [0.717, 1.165) is 12.0 Å². The summed E-state index contributed by atoms with van der Waals surface area (Å²) in [6.07, 6.45) is 1.74. The number of ether oxygens (including phenoxy) is 2. The van der Waals surface area contributed by atoms with Crippen molar-refractivity contribution in [1.82, 2.24) is 5.32 Å². The smallest absolute Gasteiger partial charge is 0.341 e. The normalized spacial score (nSPS) is 10.4. The predicted octanol–water partition coefficient (Wildman–Crippen LogP) is 2.97. The van der Waals surface area contributed by atoms with E-state index in [2.05, 4.69) is 29.2 Å². The number of methoxy groups -OCH3 is 2. The van der Waals surface area contributed by atoms with Crippen LogP contribution in [0.1, 0.15) is 42.6 Å². The van der Waals surface area contributed by atoms with Crippen molar-refractivity contribution < 1.29 is 19.1 Å². The van der Waals surface area contributed by atoms with Crippen LogP contribution in [-0.2, 0) is 20.7 Å². The average molecular weight is 373 g/mol. The summed E-state index contributed by atoms with van der Waals surface area (Å²) >= 11 is 6.66. The number of esters is 2. The summed E-state index contributed by atoms with van der Waals surface area (Å²) < 4.78 is 9.47. The Morgan fingerprint density at radius 2 is 2.00 bits per heavy atom. The molecular formula is C16H24N2O4S2. The maximum absolute atomic E-state index is 12.1. The zero-order chi connectivity index (χ0) is 18.1. The second-order valence-corrected chi connectivity index (χ2v) is 6.90. The van der Waals surface area contributed by atoms with Gasteiger partial charge in [-0.05, 0) is 41.9 Å². The van der Waals surface area contributed by atoms with Crippen LogP contribution in [0.2, 0.25) is 0 Å². The van der Waals surface area contributed by atoms with Crippen LogP contribution in [0.3, 0.4) is 0 Å². The summed E-state index contributed by atoms with van der Waals surface area (Å²) in [5.74, 6) is -0.192. The summed E-state index contributed by atoms with van der Waals surface area (Å²) in [6.45, 7) is 4.73. The lowest BCUT2D eigenvalue weighted by molar-refractivity contribution is -0.140. The number of carbonyl (C=O) groups is 2. The number of hydrogen-bond donors (Lipinski definition) is 2. The van der Waals surface area contributed by atoms with Gasteiger partial charge in [-0.1, -0.05) is 13.8 Å². The number of rotatable bonds is 8. The van der Waals surface area contributed by atoms with Gasteiger partial charge in [0.25, 0.3) is 0 Å². The van der Waals surface area contributed by atoms with Gasteiger partial charge < -0.3 is 20.1 Å². The Hall–Kier alpha value is -1.67. The first kappa shape index (κ1) is 20.4. The fourth-order valence-electron chi connectivity index (χ4n) is 2.09. The number of carbonyl (C=O) groups excluding carboxylic acids is 2. The summed E-state index contributed by atoms with van der Waals surface area (Å²) in [5, 5.41) is 9.08. The van der Waals surface area contributed by atoms with Gasteiger partial charge in [0.15, 0.2) is 5.11 Å². The lowest BCUT2D eigenvalue weighted by Gasteiger charge is -2.11. The van der Waals surface area contributed by atoms with Gasteiger partial charge in [-0.2, -0.15) is 0 Å². The van der Waals surface area contributed by atoms with Crippen molar-refractivity contribution >= 4 is 45.6 Å². The molecule has 1 aromatic heterocycles. The van der Waals surface area contributed by atoms with E-state index in [0.29, 0.717) is 41.0 Å². The van der Waals surface area contributed by atoms with Crippen molar-refractivity contribution in [3.8, 4) is 0 Å². The van der Waals surface area contributed by atoms with E-state index < -0.39 is 0 Å². The Kier molecular flexibility index (Phi) is 8.70. The molecule has 0 spiro atoms. The first-order valence-corrected chi connectivity index (χ1v) is 8.98. The molecule has 0 aromatic carbocycles. The molecule has 8 heteroatoms. The first-order chi connectivity index (χ1) is 11.4. The number of thiocarbonyl (C=S) groups is 1. The summed E-state index contributed by atoms with van der Waals surface area (Å²) in [4.78, 5) is 23.1. The van der Waals surface area contributed by atoms with Crippen molar-refractivity contribution in [2.75, 3.05) is 26.1 Å². The van der Waals surface area contributed by atoms with Crippen LogP contribution >= 0.6 is 23.6 Å². The monoisotopic (exact) mass is 372 g/mol. The minimum atomic E-state index is -0.372. The molecule has 0 aliphatic rings. The van der Waals surface area contributed by atoms with Crippen LogP contribution in [0.4, 0.5) is 5.00 Å². The predicted molar refractivity (Wildman–Crippen MR) is 99.7 cm³/mol. The summed E-state index contributed by atoms with van der Waals surface area (Å²) in [5.41, 5.74) is 1.49. The molecule has 1 aromatic rings. The number of hydrogen-bond acceptors (Lipinski definition) is 6. The Bertz CT molecular complexity index is 585. The highest BCUT2D eigenvalue weighted by molar-refractivity contribution is 7.80. The summed E-state index contributed by atoms with van der Waals surface area (Å²) in [7, 11) is 2.73.